The van der Waals surface area contributed by atoms with Crippen molar-refractivity contribution in [3.63, 3.8) is 0 Å². The highest BCUT2D eigenvalue weighted by Gasteiger charge is 2.46. The summed E-state index contributed by atoms with van der Waals surface area (Å²) >= 11 is 0. The molecule has 8 nitrogen and oxygen atoms in total. The van der Waals surface area contributed by atoms with Gasteiger partial charge in [0.25, 0.3) is 11.8 Å². The molecule has 0 unspecified atom stereocenters. The molecule has 2 aliphatic rings. The first-order valence-corrected chi connectivity index (χ1v) is 21.8. The largest absolute Gasteiger partial charge is 0.497 e. The molecule has 0 aliphatic carbocycles. The highest BCUT2D eigenvalue weighted by Crippen LogP contribution is 2.46. The molecule has 0 saturated carbocycles. The van der Waals surface area contributed by atoms with Gasteiger partial charge in [0.2, 0.25) is 0 Å². The maximum Gasteiger partial charge on any atom is 0.261 e. The Bertz CT molecular complexity index is 2900. The summed E-state index contributed by atoms with van der Waals surface area (Å²) in [6, 6.07) is 69.7. The number of benzene rings is 8. The Morgan fingerprint density at radius 3 is 0.848 bits per heavy atom. The molecule has 322 valence electrons. The number of ether oxygens (including phenoxy) is 2. The summed E-state index contributed by atoms with van der Waals surface area (Å²) in [5, 5.41) is 0. The van der Waals surface area contributed by atoms with Crippen LogP contribution in [0.25, 0.3) is 33.6 Å². The SMILES string of the molecule is COc1ccc(N(c2ccccc2)c2ccc(-c3ccc(C4=C5C(=O)N(C)C(c6ccc(-c7ccc(N(c8ccccc8)c8ccc(OC)cc8)cc7)cc6)=C5C(=O)N4C)cc3)cc2)cc1. The first-order valence-electron chi connectivity index (χ1n) is 21.8. The second-order valence-electron chi connectivity index (χ2n) is 16.2. The van der Waals surface area contributed by atoms with E-state index >= 15 is 0 Å². The molecule has 2 heterocycles. The second kappa shape index (κ2) is 17.5. The molecule has 0 N–H and O–H groups in total. The average Bonchev–Trinajstić information content (AvgIpc) is 3.79. The van der Waals surface area contributed by atoms with Gasteiger partial charge in [-0.25, -0.2) is 0 Å². The predicted octanol–water partition coefficient (Wildman–Crippen LogP) is 13.0. The highest BCUT2D eigenvalue weighted by atomic mass is 16.5. The molecule has 0 aromatic heterocycles. The van der Waals surface area contributed by atoms with Crippen LogP contribution in [0.1, 0.15) is 11.1 Å². The first-order chi connectivity index (χ1) is 32.3. The number of carbonyl (C=O) groups excluding carboxylic acids is 2. The van der Waals surface area contributed by atoms with Gasteiger partial charge in [0.05, 0.1) is 36.8 Å². The molecule has 2 aliphatic heterocycles. The van der Waals surface area contributed by atoms with Crippen LogP contribution >= 0.6 is 0 Å². The summed E-state index contributed by atoms with van der Waals surface area (Å²) in [7, 11) is 6.83. The molecule has 8 aromatic rings. The van der Waals surface area contributed by atoms with E-state index in [1.54, 1.807) is 38.1 Å². The summed E-state index contributed by atoms with van der Waals surface area (Å²) in [6.45, 7) is 0. The van der Waals surface area contributed by atoms with Crippen LogP contribution in [0.2, 0.25) is 0 Å². The molecule has 8 aromatic carbocycles. The fraction of sp³-hybridized carbons (Fsp3) is 0.0690. The quantitative estimate of drug-likeness (QED) is 0.122. The van der Waals surface area contributed by atoms with Crippen LogP contribution in [-0.4, -0.2) is 49.9 Å². The third-order valence-corrected chi connectivity index (χ3v) is 12.4. The van der Waals surface area contributed by atoms with Crippen LogP contribution in [-0.2, 0) is 9.59 Å². The lowest BCUT2D eigenvalue weighted by molar-refractivity contribution is -0.123. The fourth-order valence-electron chi connectivity index (χ4n) is 8.96. The average molecular weight is 863 g/mol. The zero-order valence-corrected chi connectivity index (χ0v) is 37.1. The minimum Gasteiger partial charge on any atom is -0.497 e. The van der Waals surface area contributed by atoms with E-state index in [0.29, 0.717) is 22.5 Å². The van der Waals surface area contributed by atoms with Gasteiger partial charge in [0, 0.05) is 48.2 Å². The summed E-state index contributed by atoms with van der Waals surface area (Å²) in [5.41, 5.74) is 14.0. The summed E-state index contributed by atoms with van der Waals surface area (Å²) < 4.78 is 10.8. The minimum absolute atomic E-state index is 0.202. The molecule has 2 amide bonds. The number of rotatable bonds is 12. The van der Waals surface area contributed by atoms with Crippen LogP contribution in [0.4, 0.5) is 34.1 Å². The second-order valence-corrected chi connectivity index (χ2v) is 16.2. The van der Waals surface area contributed by atoms with Crippen molar-refractivity contribution < 1.29 is 19.1 Å². The summed E-state index contributed by atoms with van der Waals surface area (Å²) in [4.78, 5) is 35.8. The lowest BCUT2D eigenvalue weighted by atomic mass is 9.98. The van der Waals surface area contributed by atoms with E-state index in [4.69, 9.17) is 9.47 Å². The minimum atomic E-state index is -0.202. The van der Waals surface area contributed by atoms with Gasteiger partial charge in [-0.05, 0) is 130 Å². The van der Waals surface area contributed by atoms with E-state index in [0.717, 1.165) is 79.0 Å². The van der Waals surface area contributed by atoms with Crippen LogP contribution in [0.5, 0.6) is 11.5 Å². The lowest BCUT2D eigenvalue weighted by Crippen LogP contribution is -2.25. The van der Waals surface area contributed by atoms with Gasteiger partial charge in [-0.2, -0.15) is 0 Å². The monoisotopic (exact) mass is 862 g/mol. The Morgan fingerprint density at radius 2 is 0.561 bits per heavy atom. The smallest absolute Gasteiger partial charge is 0.261 e. The number of nitrogens with zero attached hydrogens (tertiary/aromatic N) is 4. The van der Waals surface area contributed by atoms with Crippen molar-refractivity contribution >= 4 is 57.3 Å². The molecule has 0 bridgehead atoms. The standard InChI is InChI=1S/C58H46N4O4/c1-59-55(43-19-15-39(16-20-43)41-23-27-47(28-24-41)61(45-11-7-5-8-12-45)49-31-35-51(65-3)36-32-49)53-54(57(59)63)56(60(2)58(53)64)44-21-17-40(18-22-44)42-25-29-48(30-26-42)62(46-13-9-6-10-14-46)50-33-37-52(66-4)38-34-50/h5-38H,1-4H3. The molecule has 0 atom stereocenters. The Labute approximate surface area is 385 Å². The van der Waals surface area contributed by atoms with Crippen LogP contribution < -0.4 is 19.3 Å². The van der Waals surface area contributed by atoms with Gasteiger partial charge < -0.3 is 29.1 Å². The van der Waals surface area contributed by atoms with Crippen LogP contribution in [0.3, 0.4) is 0 Å². The number of hydrogen-bond acceptors (Lipinski definition) is 6. The van der Waals surface area contributed by atoms with E-state index < -0.39 is 0 Å². The van der Waals surface area contributed by atoms with E-state index in [2.05, 4.69) is 107 Å². The number of anilines is 6. The number of methoxy groups -OCH3 is 2. The lowest BCUT2D eigenvalue weighted by Gasteiger charge is -2.25. The molecule has 0 saturated heterocycles. The van der Waals surface area contributed by atoms with E-state index in [-0.39, 0.29) is 11.8 Å². The third-order valence-electron chi connectivity index (χ3n) is 12.4. The van der Waals surface area contributed by atoms with E-state index in [1.807, 2.05) is 109 Å². The number of amides is 2. The van der Waals surface area contributed by atoms with Crippen molar-refractivity contribution in [3.05, 3.63) is 229 Å². The van der Waals surface area contributed by atoms with Gasteiger partial charge in [-0.3, -0.25) is 9.59 Å². The van der Waals surface area contributed by atoms with Crippen molar-refractivity contribution in [1.82, 2.24) is 9.80 Å². The maximum atomic E-state index is 14.1. The molecule has 0 radical (unpaired) electrons. The molecule has 0 fully saturated rings. The van der Waals surface area contributed by atoms with E-state index in [1.165, 1.54) is 0 Å². The highest BCUT2D eigenvalue weighted by molar-refractivity contribution is 6.30. The Hall–Kier alpha value is -8.62. The molecule has 66 heavy (non-hydrogen) atoms. The Balaban J connectivity index is 0.907. The molecule has 8 heteroatoms. The van der Waals surface area contributed by atoms with Crippen molar-refractivity contribution in [3.8, 4) is 33.8 Å². The Morgan fingerprint density at radius 1 is 0.318 bits per heavy atom. The predicted molar refractivity (Wildman–Crippen MR) is 266 cm³/mol. The number of likely N-dealkylation sites (N-methyl/N-ethyl adjacent to an activating group) is 2. The molecule has 10 rings (SSSR count). The van der Waals surface area contributed by atoms with Gasteiger partial charge >= 0.3 is 0 Å². The Kier molecular flexibility index (Phi) is 11.0. The van der Waals surface area contributed by atoms with Gasteiger partial charge in [0.15, 0.2) is 0 Å². The maximum absolute atomic E-state index is 14.1. The van der Waals surface area contributed by atoms with Crippen LogP contribution in [0, 0.1) is 0 Å². The van der Waals surface area contributed by atoms with Crippen molar-refractivity contribution in [2.24, 2.45) is 0 Å². The molecular formula is C58H46N4O4. The number of hydrogen-bond donors (Lipinski definition) is 0. The van der Waals surface area contributed by atoms with Crippen LogP contribution in [0.15, 0.2) is 217 Å². The van der Waals surface area contributed by atoms with E-state index in [9.17, 15) is 9.59 Å². The summed E-state index contributed by atoms with van der Waals surface area (Å²) in [5.74, 6) is 1.20. The first kappa shape index (κ1) is 41.4. The zero-order valence-electron chi connectivity index (χ0n) is 37.1. The third kappa shape index (κ3) is 7.54. The van der Waals surface area contributed by atoms with Crippen molar-refractivity contribution in [2.75, 3.05) is 38.1 Å². The normalized spacial score (nSPS) is 13.3. The number of carbonyl (C=O) groups is 2. The van der Waals surface area contributed by atoms with Crippen molar-refractivity contribution in [1.29, 1.82) is 0 Å². The zero-order chi connectivity index (χ0) is 45.3. The number of fused-ring (bicyclic) bond motifs is 1. The fourth-order valence-corrected chi connectivity index (χ4v) is 8.96. The van der Waals surface area contributed by atoms with Gasteiger partial charge in [0.1, 0.15) is 11.5 Å². The topological polar surface area (TPSA) is 65.6 Å². The molecular weight excluding hydrogens is 817 g/mol. The van der Waals surface area contributed by atoms with Gasteiger partial charge in [-0.15, -0.1) is 0 Å². The van der Waals surface area contributed by atoms with Gasteiger partial charge in [-0.1, -0.05) is 109 Å². The molecule has 0 spiro atoms. The van der Waals surface area contributed by atoms with Crippen molar-refractivity contribution in [2.45, 2.75) is 0 Å². The summed E-state index contributed by atoms with van der Waals surface area (Å²) in [6.07, 6.45) is 0. The number of para-hydroxylation sites is 2.